The number of fused-ring (bicyclic) bond motifs is 2. The first-order valence-electron chi connectivity index (χ1n) is 3.67. The molecule has 2 saturated heterocycles. The van der Waals surface area contributed by atoms with Crippen LogP contribution in [0, 0.1) is 5.92 Å². The lowest BCUT2D eigenvalue weighted by molar-refractivity contribution is -0.222. The second-order valence-corrected chi connectivity index (χ2v) is 3.01. The molecule has 3 fully saturated rings. The van der Waals surface area contributed by atoms with Crippen LogP contribution >= 0.6 is 0 Å². The van der Waals surface area contributed by atoms with Crippen molar-refractivity contribution < 1.29 is 14.6 Å². The van der Waals surface area contributed by atoms with Gasteiger partial charge in [-0.05, 0) is 19.3 Å². The molecule has 3 heteroatoms. The van der Waals surface area contributed by atoms with E-state index in [1.807, 2.05) is 0 Å². The molecule has 1 aliphatic carbocycles. The van der Waals surface area contributed by atoms with Gasteiger partial charge in [-0.15, -0.1) is 0 Å². The zero-order valence-electron chi connectivity index (χ0n) is 5.62. The molecule has 2 aliphatic heterocycles. The average molecular weight is 142 g/mol. The molecule has 3 nitrogen and oxygen atoms in total. The Balaban J connectivity index is 2.06. The highest BCUT2D eigenvalue weighted by Crippen LogP contribution is 2.40. The Hall–Kier alpha value is -0.570. The molecular formula is C7H10O3. The van der Waals surface area contributed by atoms with Gasteiger partial charge in [-0.1, -0.05) is 0 Å². The molecule has 3 aliphatic rings. The van der Waals surface area contributed by atoms with Crippen molar-refractivity contribution in [1.29, 1.82) is 0 Å². The van der Waals surface area contributed by atoms with E-state index in [9.17, 15) is 4.79 Å². The highest BCUT2D eigenvalue weighted by molar-refractivity contribution is 5.72. The second-order valence-electron chi connectivity index (χ2n) is 3.01. The van der Waals surface area contributed by atoms with E-state index in [4.69, 9.17) is 9.84 Å². The van der Waals surface area contributed by atoms with Crippen LogP contribution in [0.3, 0.4) is 0 Å². The third-order valence-electron chi connectivity index (χ3n) is 2.41. The van der Waals surface area contributed by atoms with Gasteiger partial charge >= 0.3 is 5.97 Å². The first-order valence-corrected chi connectivity index (χ1v) is 3.67. The maximum Gasteiger partial charge on any atom is 0.311 e. The molecule has 0 aromatic rings. The standard InChI is InChI=1S/C7H10O3/c8-7(9)6-4-2-1-3-5(6)10-4/h4-6H,1-3H2,(H,8,9). The Morgan fingerprint density at radius 1 is 1.40 bits per heavy atom. The second kappa shape index (κ2) is 1.95. The van der Waals surface area contributed by atoms with Crippen LogP contribution in [0.5, 0.6) is 0 Å². The number of hydrogen-bond acceptors (Lipinski definition) is 2. The van der Waals surface area contributed by atoms with Crippen LogP contribution < -0.4 is 0 Å². The molecule has 10 heavy (non-hydrogen) atoms. The van der Waals surface area contributed by atoms with Crippen molar-refractivity contribution in [2.75, 3.05) is 0 Å². The predicted molar refractivity (Wildman–Crippen MR) is 33.6 cm³/mol. The third-order valence-corrected chi connectivity index (χ3v) is 2.41. The molecule has 2 heterocycles. The summed E-state index contributed by atoms with van der Waals surface area (Å²) in [6.07, 6.45) is 3.09. The molecule has 0 aromatic carbocycles. The van der Waals surface area contributed by atoms with E-state index in [0.29, 0.717) is 0 Å². The first-order chi connectivity index (χ1) is 4.79. The van der Waals surface area contributed by atoms with Crippen LogP contribution in [0.2, 0.25) is 0 Å². The minimum atomic E-state index is -0.680. The average Bonchev–Trinajstić information content (AvgIpc) is 1.87. The molecule has 1 N–H and O–H groups in total. The van der Waals surface area contributed by atoms with Crippen LogP contribution in [0.4, 0.5) is 0 Å². The van der Waals surface area contributed by atoms with E-state index in [-0.39, 0.29) is 18.1 Å². The minimum Gasteiger partial charge on any atom is -0.481 e. The van der Waals surface area contributed by atoms with Crippen LogP contribution in [-0.2, 0) is 9.53 Å². The Kier molecular flexibility index (Phi) is 1.20. The summed E-state index contributed by atoms with van der Waals surface area (Å²) in [5, 5.41) is 8.66. The summed E-state index contributed by atoms with van der Waals surface area (Å²) in [5.74, 6) is -0.866. The fraction of sp³-hybridized carbons (Fsp3) is 0.857. The van der Waals surface area contributed by atoms with Gasteiger partial charge in [-0.3, -0.25) is 4.79 Å². The van der Waals surface area contributed by atoms with E-state index in [0.717, 1.165) is 19.3 Å². The summed E-state index contributed by atoms with van der Waals surface area (Å²) in [4.78, 5) is 10.5. The molecule has 3 rings (SSSR count). The van der Waals surface area contributed by atoms with E-state index < -0.39 is 5.97 Å². The fourth-order valence-electron chi connectivity index (χ4n) is 1.88. The van der Waals surface area contributed by atoms with Crippen LogP contribution in [0.15, 0.2) is 0 Å². The van der Waals surface area contributed by atoms with Crippen molar-refractivity contribution in [1.82, 2.24) is 0 Å². The smallest absolute Gasteiger partial charge is 0.311 e. The van der Waals surface area contributed by atoms with Gasteiger partial charge in [-0.25, -0.2) is 0 Å². The van der Waals surface area contributed by atoms with Gasteiger partial charge in [0.2, 0.25) is 0 Å². The van der Waals surface area contributed by atoms with E-state index in [1.165, 1.54) is 0 Å². The van der Waals surface area contributed by atoms with E-state index in [1.54, 1.807) is 0 Å². The number of aliphatic carboxylic acids is 1. The highest BCUT2D eigenvalue weighted by atomic mass is 16.5. The molecule has 0 aromatic heterocycles. The topological polar surface area (TPSA) is 46.5 Å². The zero-order chi connectivity index (χ0) is 7.14. The van der Waals surface area contributed by atoms with Crippen LogP contribution in [0.25, 0.3) is 0 Å². The first kappa shape index (κ1) is 6.16. The lowest BCUT2D eigenvalue weighted by Crippen LogP contribution is -2.55. The van der Waals surface area contributed by atoms with Gasteiger partial charge in [-0.2, -0.15) is 0 Å². The molecule has 2 atom stereocenters. The summed E-state index contributed by atoms with van der Waals surface area (Å²) >= 11 is 0. The van der Waals surface area contributed by atoms with Crippen molar-refractivity contribution in [3.8, 4) is 0 Å². The highest BCUT2D eigenvalue weighted by Gasteiger charge is 2.49. The summed E-state index contributed by atoms with van der Waals surface area (Å²) < 4.78 is 5.27. The molecular weight excluding hydrogens is 132 g/mol. The number of rotatable bonds is 1. The van der Waals surface area contributed by atoms with Crippen molar-refractivity contribution in [2.45, 2.75) is 31.5 Å². The lowest BCUT2D eigenvalue weighted by Gasteiger charge is -2.46. The van der Waals surface area contributed by atoms with Crippen molar-refractivity contribution in [3.63, 3.8) is 0 Å². The van der Waals surface area contributed by atoms with Gasteiger partial charge < -0.3 is 9.84 Å². The SMILES string of the molecule is O=C(O)C1C2CCCC1O2. The molecule has 0 amide bonds. The molecule has 56 valence electrons. The van der Waals surface area contributed by atoms with Crippen LogP contribution in [-0.4, -0.2) is 23.3 Å². The Labute approximate surface area is 59.0 Å². The molecule has 1 saturated carbocycles. The number of carboxylic acid groups (broad SMARTS) is 1. The van der Waals surface area contributed by atoms with Crippen molar-refractivity contribution in [2.24, 2.45) is 5.92 Å². The Bertz CT molecular complexity index is 152. The van der Waals surface area contributed by atoms with Gasteiger partial charge in [0.25, 0.3) is 0 Å². The molecule has 0 radical (unpaired) electrons. The fourth-order valence-corrected chi connectivity index (χ4v) is 1.88. The Morgan fingerprint density at radius 2 is 2.00 bits per heavy atom. The van der Waals surface area contributed by atoms with E-state index in [2.05, 4.69) is 0 Å². The summed E-state index contributed by atoms with van der Waals surface area (Å²) in [6, 6.07) is 0. The van der Waals surface area contributed by atoms with Gasteiger partial charge in [0, 0.05) is 0 Å². The third kappa shape index (κ3) is 0.669. The maximum absolute atomic E-state index is 10.5. The number of carbonyl (C=O) groups is 1. The monoisotopic (exact) mass is 142 g/mol. The molecule has 2 bridgehead atoms. The molecule has 0 spiro atoms. The summed E-state index contributed by atoms with van der Waals surface area (Å²) in [5.41, 5.74) is 0. The quantitative estimate of drug-likeness (QED) is 0.584. The summed E-state index contributed by atoms with van der Waals surface area (Å²) in [6.45, 7) is 0. The lowest BCUT2D eigenvalue weighted by atomic mass is 9.78. The Morgan fingerprint density at radius 3 is 2.30 bits per heavy atom. The normalized spacial score (nSPS) is 44.2. The zero-order valence-corrected chi connectivity index (χ0v) is 5.62. The van der Waals surface area contributed by atoms with E-state index >= 15 is 0 Å². The van der Waals surface area contributed by atoms with Crippen LogP contribution in [0.1, 0.15) is 19.3 Å². The van der Waals surface area contributed by atoms with Crippen molar-refractivity contribution in [3.05, 3.63) is 0 Å². The predicted octanol–water partition coefficient (Wildman–Crippen LogP) is 0.639. The summed E-state index contributed by atoms with van der Waals surface area (Å²) in [7, 11) is 0. The number of ether oxygens (including phenoxy) is 1. The number of carboxylic acids is 1. The van der Waals surface area contributed by atoms with Gasteiger partial charge in [0.05, 0.1) is 12.2 Å². The molecule has 2 unspecified atom stereocenters. The largest absolute Gasteiger partial charge is 0.481 e. The van der Waals surface area contributed by atoms with Gasteiger partial charge in [0.15, 0.2) is 0 Å². The van der Waals surface area contributed by atoms with Crippen molar-refractivity contribution >= 4 is 5.97 Å². The minimum absolute atomic E-state index is 0.0382. The van der Waals surface area contributed by atoms with Gasteiger partial charge in [0.1, 0.15) is 5.92 Å². The maximum atomic E-state index is 10.5. The number of hydrogen-bond donors (Lipinski definition) is 1.